The summed E-state index contributed by atoms with van der Waals surface area (Å²) in [7, 11) is 1.38. The van der Waals surface area contributed by atoms with Crippen molar-refractivity contribution >= 4 is 40.0 Å². The number of benzene rings is 2. The summed E-state index contributed by atoms with van der Waals surface area (Å²) in [5.74, 6) is 0.694. The molecule has 0 aliphatic heterocycles. The topological polar surface area (TPSA) is 73.8 Å². The maximum Gasteiger partial charge on any atom is 0.242 e. The Labute approximate surface area is 185 Å². The predicted octanol–water partition coefficient (Wildman–Crippen LogP) is 3.04. The lowest BCUT2D eigenvalue weighted by molar-refractivity contribution is 0.520. The number of rotatable bonds is 6. The molecule has 2 rings (SSSR count). The van der Waals surface area contributed by atoms with E-state index in [1.165, 1.54) is 35.1 Å². The first-order valence-corrected chi connectivity index (χ1v) is 10.2. The zero-order valence-electron chi connectivity index (χ0n) is 17.0. The summed E-state index contributed by atoms with van der Waals surface area (Å²) < 4.78 is 25.4. The van der Waals surface area contributed by atoms with Crippen molar-refractivity contribution in [3.63, 3.8) is 0 Å². The van der Waals surface area contributed by atoms with Crippen molar-refractivity contribution in [2.75, 3.05) is 21.1 Å². The number of nitrogens with zero attached hydrogens (tertiary/aromatic N) is 2. The molecule has 0 atom stereocenters. The molecule has 0 aliphatic rings. The van der Waals surface area contributed by atoms with Crippen LogP contribution in [0.5, 0.6) is 0 Å². The number of hydrogen-bond acceptors (Lipinski definition) is 3. The number of sulfonamides is 1. The van der Waals surface area contributed by atoms with E-state index in [2.05, 4.69) is 47.7 Å². The van der Waals surface area contributed by atoms with E-state index in [0.29, 0.717) is 19.0 Å². The number of aryl methyl sites for hydroxylation is 2. The van der Waals surface area contributed by atoms with Gasteiger partial charge in [-0.05, 0) is 42.7 Å². The molecule has 0 spiro atoms. The molecule has 0 aliphatic carbocycles. The van der Waals surface area contributed by atoms with Crippen molar-refractivity contribution in [3.05, 3.63) is 64.7 Å². The summed E-state index contributed by atoms with van der Waals surface area (Å²) in [5, 5.41) is 6.55. The van der Waals surface area contributed by atoms with E-state index in [1.54, 1.807) is 31.3 Å². The summed E-state index contributed by atoms with van der Waals surface area (Å²) in [6.07, 6.45) is 0. The standard InChI is InChI=1S/C20H28N4O2S.HI/c1-15-6-9-18(16(2)12-15)14-23-20(21-3)22-13-17-7-10-19(11-8-17)27(25,26)24(4)5;/h6-12H,13-14H2,1-5H3,(H2,21,22,23);1H. The van der Waals surface area contributed by atoms with Crippen LogP contribution in [0.4, 0.5) is 0 Å². The molecule has 0 amide bonds. The maximum atomic E-state index is 12.1. The van der Waals surface area contributed by atoms with Crippen molar-refractivity contribution in [2.24, 2.45) is 4.99 Å². The van der Waals surface area contributed by atoms with E-state index in [9.17, 15) is 8.42 Å². The number of guanidine groups is 1. The highest BCUT2D eigenvalue weighted by molar-refractivity contribution is 14.0. The zero-order chi connectivity index (χ0) is 20.0. The summed E-state index contributed by atoms with van der Waals surface area (Å²) in [5.41, 5.74) is 4.69. The molecule has 154 valence electrons. The third kappa shape index (κ3) is 6.46. The Morgan fingerprint density at radius 3 is 2.14 bits per heavy atom. The van der Waals surface area contributed by atoms with Crippen molar-refractivity contribution < 1.29 is 8.42 Å². The minimum absolute atomic E-state index is 0. The van der Waals surface area contributed by atoms with Crippen LogP contribution in [0.1, 0.15) is 22.3 Å². The largest absolute Gasteiger partial charge is 0.352 e. The highest BCUT2D eigenvalue weighted by atomic mass is 127. The lowest BCUT2D eigenvalue weighted by Crippen LogP contribution is -2.36. The summed E-state index contributed by atoms with van der Waals surface area (Å²) in [4.78, 5) is 4.52. The number of halogens is 1. The van der Waals surface area contributed by atoms with Crippen LogP contribution in [0, 0.1) is 13.8 Å². The quantitative estimate of drug-likeness (QED) is 0.352. The fourth-order valence-electron chi connectivity index (χ4n) is 2.62. The Bertz CT molecular complexity index is 910. The van der Waals surface area contributed by atoms with Crippen LogP contribution < -0.4 is 10.6 Å². The second kappa shape index (κ2) is 10.8. The Hall–Kier alpha value is -1.65. The van der Waals surface area contributed by atoms with Gasteiger partial charge in [-0.25, -0.2) is 12.7 Å². The van der Waals surface area contributed by atoms with Crippen molar-refractivity contribution in [1.29, 1.82) is 0 Å². The minimum Gasteiger partial charge on any atom is -0.352 e. The number of hydrogen-bond donors (Lipinski definition) is 2. The van der Waals surface area contributed by atoms with Crippen LogP contribution in [0.25, 0.3) is 0 Å². The summed E-state index contributed by atoms with van der Waals surface area (Å²) >= 11 is 0. The van der Waals surface area contributed by atoms with E-state index in [1.807, 2.05) is 0 Å². The molecule has 0 aromatic heterocycles. The number of aliphatic imine (C=N–C) groups is 1. The lowest BCUT2D eigenvalue weighted by Gasteiger charge is -2.14. The Morgan fingerprint density at radius 2 is 1.61 bits per heavy atom. The van der Waals surface area contributed by atoms with Crippen LogP contribution in [0.2, 0.25) is 0 Å². The second-order valence-corrected chi connectivity index (χ2v) is 8.79. The minimum atomic E-state index is -3.40. The fraction of sp³-hybridized carbons (Fsp3) is 0.350. The SMILES string of the molecule is CN=C(NCc1ccc(S(=O)(=O)N(C)C)cc1)NCc1ccc(C)cc1C.I. The molecule has 0 fully saturated rings. The molecule has 2 aromatic carbocycles. The molecule has 0 unspecified atom stereocenters. The molecular formula is C20H29IN4O2S. The predicted molar refractivity (Wildman–Crippen MR) is 126 cm³/mol. The molecule has 6 nitrogen and oxygen atoms in total. The molecule has 2 aromatic rings. The average molecular weight is 516 g/mol. The van der Waals surface area contributed by atoms with Crippen LogP contribution in [-0.2, 0) is 23.1 Å². The molecule has 2 N–H and O–H groups in total. The number of nitrogens with one attached hydrogen (secondary N) is 2. The van der Waals surface area contributed by atoms with Gasteiger partial charge in [0.25, 0.3) is 0 Å². The van der Waals surface area contributed by atoms with Gasteiger partial charge in [-0.3, -0.25) is 4.99 Å². The second-order valence-electron chi connectivity index (χ2n) is 6.64. The van der Waals surface area contributed by atoms with E-state index in [4.69, 9.17) is 0 Å². The van der Waals surface area contributed by atoms with Gasteiger partial charge in [0.1, 0.15) is 0 Å². The Morgan fingerprint density at radius 1 is 1.00 bits per heavy atom. The lowest BCUT2D eigenvalue weighted by atomic mass is 10.1. The van der Waals surface area contributed by atoms with Crippen molar-refractivity contribution in [3.8, 4) is 0 Å². The Kier molecular flexibility index (Phi) is 9.38. The van der Waals surface area contributed by atoms with Crippen molar-refractivity contribution in [2.45, 2.75) is 31.8 Å². The fourth-order valence-corrected chi connectivity index (χ4v) is 3.52. The molecule has 0 bridgehead atoms. The first-order chi connectivity index (χ1) is 12.7. The van der Waals surface area contributed by atoms with Crippen LogP contribution in [0.3, 0.4) is 0 Å². The van der Waals surface area contributed by atoms with Crippen LogP contribution >= 0.6 is 24.0 Å². The molecule has 0 saturated carbocycles. The third-order valence-electron chi connectivity index (χ3n) is 4.33. The molecule has 0 saturated heterocycles. The normalized spacial score (nSPS) is 11.9. The van der Waals surface area contributed by atoms with E-state index in [0.717, 1.165) is 5.56 Å². The maximum absolute atomic E-state index is 12.1. The Balaban J connectivity index is 0.00000392. The zero-order valence-corrected chi connectivity index (χ0v) is 20.1. The first kappa shape index (κ1) is 24.4. The van der Waals surface area contributed by atoms with Gasteiger partial charge in [0.2, 0.25) is 10.0 Å². The van der Waals surface area contributed by atoms with Gasteiger partial charge in [-0.1, -0.05) is 35.9 Å². The van der Waals surface area contributed by atoms with Crippen LogP contribution in [0.15, 0.2) is 52.4 Å². The van der Waals surface area contributed by atoms with E-state index < -0.39 is 10.0 Å². The molecule has 0 radical (unpaired) electrons. The highest BCUT2D eigenvalue weighted by Gasteiger charge is 2.16. The van der Waals surface area contributed by atoms with Gasteiger partial charge in [0.15, 0.2) is 5.96 Å². The smallest absolute Gasteiger partial charge is 0.242 e. The first-order valence-electron chi connectivity index (χ1n) is 8.76. The van der Waals surface area contributed by atoms with Crippen molar-refractivity contribution in [1.82, 2.24) is 14.9 Å². The summed E-state index contributed by atoms with van der Waals surface area (Å²) in [6.45, 7) is 5.42. The van der Waals surface area contributed by atoms with Gasteiger partial charge in [0, 0.05) is 34.2 Å². The molecule has 28 heavy (non-hydrogen) atoms. The molecule has 0 heterocycles. The van der Waals surface area contributed by atoms with E-state index in [-0.39, 0.29) is 28.9 Å². The average Bonchev–Trinajstić information content (AvgIpc) is 2.63. The summed E-state index contributed by atoms with van der Waals surface area (Å²) in [6, 6.07) is 13.2. The van der Waals surface area contributed by atoms with E-state index >= 15 is 0 Å². The molecule has 8 heteroatoms. The van der Waals surface area contributed by atoms with Gasteiger partial charge in [-0.15, -0.1) is 24.0 Å². The van der Waals surface area contributed by atoms with Gasteiger partial charge in [0.05, 0.1) is 4.90 Å². The van der Waals surface area contributed by atoms with Gasteiger partial charge < -0.3 is 10.6 Å². The van der Waals surface area contributed by atoms with Gasteiger partial charge >= 0.3 is 0 Å². The van der Waals surface area contributed by atoms with Crippen LogP contribution in [-0.4, -0.2) is 39.8 Å². The third-order valence-corrected chi connectivity index (χ3v) is 6.16. The monoisotopic (exact) mass is 516 g/mol. The highest BCUT2D eigenvalue weighted by Crippen LogP contribution is 2.14. The molecular weight excluding hydrogens is 487 g/mol. The van der Waals surface area contributed by atoms with Gasteiger partial charge in [-0.2, -0.15) is 0 Å².